The SMILES string of the molecule is CN1Cc2nc(Br)ccc2NC1=O. The third-order valence-corrected chi connectivity index (χ3v) is 2.36. The quantitative estimate of drug-likeness (QED) is 0.705. The molecule has 5 heteroatoms. The molecular formula is C8H8BrN3O. The number of carbonyl (C=O) groups excluding carboxylic acids is 1. The molecule has 0 aromatic carbocycles. The van der Waals surface area contributed by atoms with Crippen molar-refractivity contribution in [1.29, 1.82) is 0 Å². The molecular weight excluding hydrogens is 234 g/mol. The van der Waals surface area contributed by atoms with Gasteiger partial charge < -0.3 is 10.2 Å². The smallest absolute Gasteiger partial charge is 0.321 e. The largest absolute Gasteiger partial charge is 0.322 e. The Bertz CT molecular complexity index is 366. The van der Waals surface area contributed by atoms with Crippen LogP contribution in [0.3, 0.4) is 0 Å². The summed E-state index contributed by atoms with van der Waals surface area (Å²) >= 11 is 3.28. The average Bonchev–Trinajstić information content (AvgIpc) is 2.08. The zero-order chi connectivity index (χ0) is 9.42. The Balaban J connectivity index is 2.42. The van der Waals surface area contributed by atoms with Crippen molar-refractivity contribution < 1.29 is 4.79 Å². The van der Waals surface area contributed by atoms with E-state index in [0.29, 0.717) is 6.54 Å². The highest BCUT2D eigenvalue weighted by Gasteiger charge is 2.19. The van der Waals surface area contributed by atoms with Crippen LogP contribution in [-0.4, -0.2) is 23.0 Å². The fourth-order valence-corrected chi connectivity index (χ4v) is 1.56. The fourth-order valence-electron chi connectivity index (χ4n) is 1.22. The van der Waals surface area contributed by atoms with Gasteiger partial charge in [-0.15, -0.1) is 0 Å². The van der Waals surface area contributed by atoms with Gasteiger partial charge in [0, 0.05) is 7.05 Å². The van der Waals surface area contributed by atoms with E-state index < -0.39 is 0 Å². The number of fused-ring (bicyclic) bond motifs is 1. The van der Waals surface area contributed by atoms with Crippen molar-refractivity contribution in [2.75, 3.05) is 12.4 Å². The van der Waals surface area contributed by atoms with Crippen molar-refractivity contribution in [3.63, 3.8) is 0 Å². The van der Waals surface area contributed by atoms with Crippen LogP contribution in [0.4, 0.5) is 10.5 Å². The zero-order valence-corrected chi connectivity index (χ0v) is 8.63. The van der Waals surface area contributed by atoms with E-state index in [9.17, 15) is 4.79 Å². The average molecular weight is 242 g/mol. The van der Waals surface area contributed by atoms with E-state index in [2.05, 4.69) is 26.2 Å². The van der Waals surface area contributed by atoms with Gasteiger partial charge in [-0.05, 0) is 28.1 Å². The van der Waals surface area contributed by atoms with Gasteiger partial charge in [0.05, 0.1) is 17.9 Å². The molecule has 1 aliphatic rings. The van der Waals surface area contributed by atoms with Crippen LogP contribution in [-0.2, 0) is 6.54 Å². The normalized spacial score (nSPS) is 15.2. The first-order chi connectivity index (χ1) is 6.16. The minimum atomic E-state index is -0.0865. The second-order valence-electron chi connectivity index (χ2n) is 2.91. The van der Waals surface area contributed by atoms with Gasteiger partial charge in [-0.1, -0.05) is 0 Å². The molecule has 2 heterocycles. The summed E-state index contributed by atoms with van der Waals surface area (Å²) in [6.07, 6.45) is 0. The molecule has 0 unspecified atom stereocenters. The van der Waals surface area contributed by atoms with Crippen LogP contribution in [0.25, 0.3) is 0 Å². The summed E-state index contributed by atoms with van der Waals surface area (Å²) < 4.78 is 0.788. The number of nitrogens with one attached hydrogen (secondary N) is 1. The number of hydrogen-bond acceptors (Lipinski definition) is 2. The summed E-state index contributed by atoms with van der Waals surface area (Å²) in [5, 5.41) is 2.74. The number of anilines is 1. The van der Waals surface area contributed by atoms with Gasteiger partial charge in [0.25, 0.3) is 0 Å². The minimum absolute atomic E-state index is 0.0865. The van der Waals surface area contributed by atoms with E-state index in [1.165, 1.54) is 0 Å². The van der Waals surface area contributed by atoms with Crippen molar-refractivity contribution in [3.8, 4) is 0 Å². The molecule has 2 rings (SSSR count). The summed E-state index contributed by atoms with van der Waals surface area (Å²) in [4.78, 5) is 17.1. The molecule has 1 aliphatic heterocycles. The lowest BCUT2D eigenvalue weighted by Gasteiger charge is -2.24. The number of nitrogens with zero attached hydrogens (tertiary/aromatic N) is 2. The van der Waals surface area contributed by atoms with Gasteiger partial charge in [-0.3, -0.25) is 0 Å². The van der Waals surface area contributed by atoms with E-state index in [1.54, 1.807) is 11.9 Å². The van der Waals surface area contributed by atoms with Crippen LogP contribution < -0.4 is 5.32 Å². The van der Waals surface area contributed by atoms with Crippen LogP contribution in [0.2, 0.25) is 0 Å². The van der Waals surface area contributed by atoms with E-state index in [4.69, 9.17) is 0 Å². The molecule has 1 aromatic heterocycles. The van der Waals surface area contributed by atoms with E-state index in [1.807, 2.05) is 12.1 Å². The molecule has 0 atom stereocenters. The molecule has 0 radical (unpaired) electrons. The Labute approximate surface area is 84.1 Å². The van der Waals surface area contributed by atoms with Crippen molar-refractivity contribution in [3.05, 3.63) is 22.4 Å². The first-order valence-electron chi connectivity index (χ1n) is 3.84. The molecule has 0 saturated carbocycles. The van der Waals surface area contributed by atoms with Crippen LogP contribution in [0, 0.1) is 0 Å². The maximum Gasteiger partial charge on any atom is 0.321 e. The molecule has 1 aromatic rings. The van der Waals surface area contributed by atoms with Gasteiger partial charge >= 0.3 is 6.03 Å². The number of rotatable bonds is 0. The van der Waals surface area contributed by atoms with Gasteiger partial charge in [-0.25, -0.2) is 9.78 Å². The van der Waals surface area contributed by atoms with E-state index in [0.717, 1.165) is 16.0 Å². The van der Waals surface area contributed by atoms with Gasteiger partial charge in [0.15, 0.2) is 0 Å². The number of urea groups is 1. The number of amides is 2. The number of pyridine rings is 1. The Morgan fingerprint density at radius 1 is 1.62 bits per heavy atom. The molecule has 68 valence electrons. The Hall–Kier alpha value is -1.10. The Kier molecular flexibility index (Phi) is 1.95. The number of aromatic nitrogens is 1. The van der Waals surface area contributed by atoms with Gasteiger partial charge in [0.1, 0.15) is 4.60 Å². The number of hydrogen-bond donors (Lipinski definition) is 1. The lowest BCUT2D eigenvalue weighted by atomic mass is 10.2. The highest BCUT2D eigenvalue weighted by atomic mass is 79.9. The summed E-state index contributed by atoms with van der Waals surface area (Å²) in [5.74, 6) is 0. The first-order valence-corrected chi connectivity index (χ1v) is 4.63. The molecule has 4 nitrogen and oxygen atoms in total. The third-order valence-electron chi connectivity index (χ3n) is 1.92. The minimum Gasteiger partial charge on any atom is -0.322 e. The molecule has 0 bridgehead atoms. The van der Waals surface area contributed by atoms with Crippen molar-refractivity contribution in [2.45, 2.75) is 6.54 Å². The molecule has 0 saturated heterocycles. The van der Waals surface area contributed by atoms with Gasteiger partial charge in [-0.2, -0.15) is 0 Å². The van der Waals surface area contributed by atoms with Crippen molar-refractivity contribution in [2.24, 2.45) is 0 Å². The monoisotopic (exact) mass is 241 g/mol. The highest BCUT2D eigenvalue weighted by molar-refractivity contribution is 9.10. The first kappa shape index (κ1) is 8.50. The number of carbonyl (C=O) groups is 1. The van der Waals surface area contributed by atoms with E-state index >= 15 is 0 Å². The van der Waals surface area contributed by atoms with Crippen LogP contribution in [0.15, 0.2) is 16.7 Å². The maximum atomic E-state index is 11.2. The maximum absolute atomic E-state index is 11.2. The molecule has 0 fully saturated rings. The lowest BCUT2D eigenvalue weighted by Crippen LogP contribution is -2.35. The molecule has 2 amide bonds. The van der Waals surface area contributed by atoms with Gasteiger partial charge in [0.2, 0.25) is 0 Å². The van der Waals surface area contributed by atoms with Crippen molar-refractivity contribution >= 4 is 27.6 Å². The van der Waals surface area contributed by atoms with Crippen LogP contribution in [0.1, 0.15) is 5.69 Å². The predicted molar refractivity (Wildman–Crippen MR) is 52.4 cm³/mol. The predicted octanol–water partition coefficient (Wildman–Crippen LogP) is 1.82. The molecule has 1 N–H and O–H groups in total. The third kappa shape index (κ3) is 1.51. The summed E-state index contributed by atoms with van der Waals surface area (Å²) in [6.45, 7) is 0.556. The second-order valence-corrected chi connectivity index (χ2v) is 3.73. The zero-order valence-electron chi connectivity index (χ0n) is 7.04. The Morgan fingerprint density at radius 3 is 3.15 bits per heavy atom. The second kappa shape index (κ2) is 2.99. The molecule has 0 spiro atoms. The molecule has 0 aliphatic carbocycles. The summed E-state index contributed by atoms with van der Waals surface area (Å²) in [5.41, 5.74) is 1.68. The standard InChI is InChI=1S/C8H8BrN3O/c1-12-4-6-5(11-8(12)13)2-3-7(9)10-6/h2-3H,4H2,1H3,(H,11,13). The topological polar surface area (TPSA) is 45.2 Å². The van der Waals surface area contributed by atoms with Crippen LogP contribution in [0.5, 0.6) is 0 Å². The van der Waals surface area contributed by atoms with E-state index in [-0.39, 0.29) is 6.03 Å². The Morgan fingerprint density at radius 2 is 2.38 bits per heavy atom. The summed E-state index contributed by atoms with van der Waals surface area (Å²) in [6, 6.07) is 3.57. The lowest BCUT2D eigenvalue weighted by molar-refractivity contribution is 0.218. The molecule has 13 heavy (non-hydrogen) atoms. The summed E-state index contributed by atoms with van der Waals surface area (Å²) in [7, 11) is 1.74. The fraction of sp³-hybridized carbons (Fsp3) is 0.250. The number of halogens is 1. The highest BCUT2D eigenvalue weighted by Crippen LogP contribution is 2.22. The van der Waals surface area contributed by atoms with Crippen LogP contribution >= 0.6 is 15.9 Å². The van der Waals surface area contributed by atoms with Crippen molar-refractivity contribution in [1.82, 2.24) is 9.88 Å².